The van der Waals surface area contributed by atoms with E-state index in [0.29, 0.717) is 11.8 Å². The second-order valence-electron chi connectivity index (χ2n) is 17.5. The van der Waals surface area contributed by atoms with E-state index < -0.39 is 14.2 Å². The van der Waals surface area contributed by atoms with E-state index in [0.717, 1.165) is 36.9 Å². The summed E-state index contributed by atoms with van der Waals surface area (Å²) in [5, 5.41) is 2.62. The van der Waals surface area contributed by atoms with Crippen molar-refractivity contribution in [3.63, 3.8) is 0 Å². The Hall–Kier alpha value is -2.25. The van der Waals surface area contributed by atoms with Gasteiger partial charge in [0.2, 0.25) is 0 Å². The van der Waals surface area contributed by atoms with Gasteiger partial charge in [-0.1, -0.05) is 90.5 Å². The number of nitrogens with zero attached hydrogens (tertiary/aromatic N) is 2. The predicted octanol–water partition coefficient (Wildman–Crippen LogP) is 9.78. The zero-order valence-corrected chi connectivity index (χ0v) is 33.4. The van der Waals surface area contributed by atoms with Crippen LogP contribution in [-0.4, -0.2) is 45.8 Å². The third-order valence-corrected chi connectivity index (χ3v) is 12.9. The van der Waals surface area contributed by atoms with Crippen molar-refractivity contribution < 1.29 is 18.6 Å². The largest absolute Gasteiger partial charge is 0.494 e. The Kier molecular flexibility index (Phi) is 10.5. The summed E-state index contributed by atoms with van der Waals surface area (Å²) in [7, 11) is -0.789. The summed E-state index contributed by atoms with van der Waals surface area (Å²) in [4.78, 5) is 0. The molecule has 2 atom stereocenters. The highest BCUT2D eigenvalue weighted by Crippen LogP contribution is 2.41. The number of unbranched alkanes of at least 4 members (excludes halogenated alkanes) is 2. The van der Waals surface area contributed by atoms with Crippen LogP contribution in [0.4, 0.5) is 0 Å². The molecule has 2 aliphatic heterocycles. The van der Waals surface area contributed by atoms with Crippen LogP contribution < -0.4 is 10.9 Å². The van der Waals surface area contributed by atoms with Crippen molar-refractivity contribution >= 4 is 58.0 Å². The Bertz CT molecular complexity index is 1660. The lowest BCUT2D eigenvalue weighted by atomic mass is 9.78. The van der Waals surface area contributed by atoms with E-state index in [1.165, 1.54) is 71.4 Å². The van der Waals surface area contributed by atoms with Gasteiger partial charge in [0.15, 0.2) is 0 Å². The summed E-state index contributed by atoms with van der Waals surface area (Å²) in [6.07, 6.45) is 9.78. The second kappa shape index (κ2) is 14.0. The number of benzene rings is 2. The van der Waals surface area contributed by atoms with Crippen LogP contribution in [0.2, 0.25) is 0 Å². The molecule has 2 aromatic carbocycles. The van der Waals surface area contributed by atoms with Gasteiger partial charge in [-0.15, -0.1) is 0 Å². The van der Waals surface area contributed by atoms with Crippen LogP contribution in [0.1, 0.15) is 134 Å². The first-order valence-corrected chi connectivity index (χ1v) is 19.9. The molecule has 0 saturated carbocycles. The van der Waals surface area contributed by atoms with Gasteiger partial charge in [0.1, 0.15) is 0 Å². The Balaban J connectivity index is 1.58. The van der Waals surface area contributed by atoms with Gasteiger partial charge in [0.05, 0.1) is 44.5 Å². The van der Waals surface area contributed by atoms with Gasteiger partial charge >= 0.3 is 14.2 Å². The summed E-state index contributed by atoms with van der Waals surface area (Å²) in [5.41, 5.74) is 5.89. The van der Waals surface area contributed by atoms with Crippen molar-refractivity contribution in [2.45, 2.75) is 170 Å². The van der Waals surface area contributed by atoms with Gasteiger partial charge in [-0.25, -0.2) is 0 Å². The molecule has 4 heterocycles. The molecule has 0 spiro atoms. The van der Waals surface area contributed by atoms with Crippen LogP contribution in [0.25, 0.3) is 32.8 Å². The maximum absolute atomic E-state index is 6.58. The minimum absolute atomic E-state index is 0.387. The lowest BCUT2D eigenvalue weighted by Gasteiger charge is -2.32. The molecule has 0 N–H and O–H groups in total. The SMILES string of the molecule is CCCCC(CC)Cn1c2cc(B3OC(C)(C)C(C)(C)O3)ccc2c2c1c1ccc(B3OC(C)(C)C(C)(C)O3)cc1n2CC(CC)CCCC. The molecular weight excluding hydrogens is 618 g/mol. The second-order valence-corrected chi connectivity index (χ2v) is 17.5. The molecule has 0 aliphatic carbocycles. The summed E-state index contributed by atoms with van der Waals surface area (Å²) in [6, 6.07) is 13.9. The van der Waals surface area contributed by atoms with Gasteiger partial charge in [-0.3, -0.25) is 0 Å². The van der Waals surface area contributed by atoms with Crippen LogP contribution >= 0.6 is 0 Å². The average molecular weight is 683 g/mol. The van der Waals surface area contributed by atoms with Crippen molar-refractivity contribution in [2.75, 3.05) is 0 Å². The zero-order valence-electron chi connectivity index (χ0n) is 33.4. The molecule has 272 valence electrons. The first-order chi connectivity index (χ1) is 23.6. The molecule has 0 bridgehead atoms. The topological polar surface area (TPSA) is 46.8 Å². The quantitative estimate of drug-likeness (QED) is 0.124. The van der Waals surface area contributed by atoms with Gasteiger partial charge in [-0.2, -0.15) is 0 Å². The Labute approximate surface area is 303 Å². The summed E-state index contributed by atoms with van der Waals surface area (Å²) in [5.74, 6) is 1.20. The number of fused-ring (bicyclic) bond motifs is 5. The van der Waals surface area contributed by atoms with Crippen LogP contribution in [-0.2, 0) is 31.7 Å². The highest BCUT2D eigenvalue weighted by molar-refractivity contribution is 6.63. The predicted molar refractivity (Wildman–Crippen MR) is 213 cm³/mol. The zero-order chi connectivity index (χ0) is 36.2. The maximum atomic E-state index is 6.58. The Morgan fingerprint density at radius 2 is 0.880 bits per heavy atom. The van der Waals surface area contributed by atoms with Gasteiger partial charge < -0.3 is 27.8 Å². The molecule has 50 heavy (non-hydrogen) atoms. The highest BCUT2D eigenvalue weighted by Gasteiger charge is 2.53. The third kappa shape index (κ3) is 6.61. The van der Waals surface area contributed by atoms with E-state index >= 15 is 0 Å². The monoisotopic (exact) mass is 683 g/mol. The number of aromatic nitrogens is 2. The summed E-state index contributed by atoms with van der Waals surface area (Å²) in [6.45, 7) is 28.4. The van der Waals surface area contributed by atoms with Crippen molar-refractivity contribution in [1.82, 2.24) is 9.13 Å². The first-order valence-electron chi connectivity index (χ1n) is 19.9. The van der Waals surface area contributed by atoms with E-state index in [2.05, 4.69) is 129 Å². The fourth-order valence-corrected chi connectivity index (χ4v) is 7.97. The van der Waals surface area contributed by atoms with E-state index in [-0.39, 0.29) is 22.4 Å². The lowest BCUT2D eigenvalue weighted by molar-refractivity contribution is 0.00578. The van der Waals surface area contributed by atoms with Gasteiger partial charge in [0.25, 0.3) is 0 Å². The number of hydrogen-bond donors (Lipinski definition) is 0. The van der Waals surface area contributed by atoms with Crippen LogP contribution in [0.5, 0.6) is 0 Å². The molecule has 2 aromatic heterocycles. The minimum atomic E-state index is -0.394. The number of hydrogen-bond acceptors (Lipinski definition) is 4. The van der Waals surface area contributed by atoms with Crippen LogP contribution in [0.3, 0.4) is 0 Å². The smallest absolute Gasteiger partial charge is 0.399 e. The van der Waals surface area contributed by atoms with Crippen molar-refractivity contribution in [1.29, 1.82) is 0 Å². The molecule has 2 saturated heterocycles. The van der Waals surface area contributed by atoms with Gasteiger partial charge in [-0.05, 0) is 103 Å². The molecule has 0 amide bonds. The molecule has 6 rings (SSSR count). The van der Waals surface area contributed by atoms with E-state index in [4.69, 9.17) is 18.6 Å². The number of rotatable bonds is 14. The fraction of sp³-hybridized carbons (Fsp3) is 0.667. The molecule has 6 nitrogen and oxygen atoms in total. The normalized spacial score (nSPS) is 20.9. The van der Waals surface area contributed by atoms with Crippen molar-refractivity contribution in [2.24, 2.45) is 11.8 Å². The van der Waals surface area contributed by atoms with E-state index in [1.54, 1.807) is 0 Å². The Morgan fingerprint density at radius 3 is 1.18 bits per heavy atom. The average Bonchev–Trinajstić information content (AvgIpc) is 3.69. The fourth-order valence-electron chi connectivity index (χ4n) is 7.97. The minimum Gasteiger partial charge on any atom is -0.399 e. The molecule has 2 unspecified atom stereocenters. The first kappa shape index (κ1) is 37.5. The maximum Gasteiger partial charge on any atom is 0.494 e. The molecule has 4 aromatic rings. The molecule has 0 radical (unpaired) electrons. The summed E-state index contributed by atoms with van der Waals surface area (Å²) < 4.78 is 31.6. The van der Waals surface area contributed by atoms with Crippen molar-refractivity contribution in [3.05, 3.63) is 36.4 Å². The molecule has 8 heteroatoms. The Morgan fingerprint density at radius 1 is 0.540 bits per heavy atom. The third-order valence-electron chi connectivity index (χ3n) is 12.9. The van der Waals surface area contributed by atoms with Crippen molar-refractivity contribution in [3.8, 4) is 0 Å². The van der Waals surface area contributed by atoms with E-state index in [9.17, 15) is 0 Å². The van der Waals surface area contributed by atoms with Crippen LogP contribution in [0, 0.1) is 11.8 Å². The molecule has 2 fully saturated rings. The standard InChI is InChI=1S/C42H64B2N2O4/c1-13-17-19-29(15-3)27-45-35-25-31(43-47-39(5,6)40(7,8)48-43)21-23-33(35)38-37(45)34-24-22-32(44-49-41(9,10)42(11,12)50-44)26-36(34)46(38)28-30(16-4)20-18-14-2/h21-26,29-30H,13-20,27-28H2,1-12H3. The highest BCUT2D eigenvalue weighted by atomic mass is 16.7. The van der Waals surface area contributed by atoms with E-state index in [1.807, 2.05) is 0 Å². The lowest BCUT2D eigenvalue weighted by Crippen LogP contribution is -2.41. The molecular formula is C42H64B2N2O4. The van der Waals surface area contributed by atoms with Crippen LogP contribution in [0.15, 0.2) is 36.4 Å². The molecule has 2 aliphatic rings. The summed E-state index contributed by atoms with van der Waals surface area (Å²) >= 11 is 0. The van der Waals surface area contributed by atoms with Gasteiger partial charge in [0, 0.05) is 23.9 Å².